The maximum absolute atomic E-state index is 5.86. The quantitative estimate of drug-likeness (QED) is 0.804. The Labute approximate surface area is 110 Å². The van der Waals surface area contributed by atoms with Gasteiger partial charge < -0.3 is 9.73 Å². The fraction of sp³-hybridized carbons (Fsp3) is 0.733. The minimum atomic E-state index is 0.750. The molecule has 0 aliphatic heterocycles. The summed E-state index contributed by atoms with van der Waals surface area (Å²) in [7, 11) is 2.20. The second kappa shape index (κ2) is 5.45. The van der Waals surface area contributed by atoms with Crippen LogP contribution in [0.3, 0.4) is 0 Å². The molecule has 2 fully saturated rings. The highest BCUT2D eigenvalue weighted by Crippen LogP contribution is 2.27. The molecule has 0 amide bonds. The molecule has 1 heterocycles. The van der Waals surface area contributed by atoms with Gasteiger partial charge in [-0.2, -0.15) is 0 Å². The summed E-state index contributed by atoms with van der Waals surface area (Å²) in [5.74, 6) is 3.11. The molecule has 2 aliphatic rings. The van der Waals surface area contributed by atoms with Gasteiger partial charge in [-0.05, 0) is 50.8 Å². The van der Waals surface area contributed by atoms with Gasteiger partial charge in [-0.1, -0.05) is 6.42 Å². The van der Waals surface area contributed by atoms with E-state index in [4.69, 9.17) is 4.42 Å². The molecule has 0 bridgehead atoms. The van der Waals surface area contributed by atoms with E-state index in [1.807, 2.05) is 0 Å². The zero-order chi connectivity index (χ0) is 12.4. The summed E-state index contributed by atoms with van der Waals surface area (Å²) in [6, 6.07) is 4.99. The zero-order valence-corrected chi connectivity index (χ0v) is 11.3. The second-order valence-electron chi connectivity index (χ2n) is 6.02. The Hall–Kier alpha value is -0.800. The van der Waals surface area contributed by atoms with Gasteiger partial charge in [0, 0.05) is 12.6 Å². The molecule has 0 spiro atoms. The molecule has 0 aromatic carbocycles. The molecule has 0 radical (unpaired) electrons. The molecule has 1 aromatic rings. The summed E-state index contributed by atoms with van der Waals surface area (Å²) in [5, 5.41) is 3.48. The highest BCUT2D eigenvalue weighted by molar-refractivity contribution is 5.07. The van der Waals surface area contributed by atoms with E-state index in [1.165, 1.54) is 38.6 Å². The minimum absolute atomic E-state index is 0.750. The van der Waals surface area contributed by atoms with Crippen LogP contribution in [0.1, 0.15) is 43.6 Å². The van der Waals surface area contributed by atoms with Crippen molar-refractivity contribution in [2.75, 3.05) is 13.6 Å². The van der Waals surface area contributed by atoms with Crippen LogP contribution in [-0.2, 0) is 13.1 Å². The Kier molecular flexibility index (Phi) is 3.71. The summed E-state index contributed by atoms with van der Waals surface area (Å²) >= 11 is 0. The van der Waals surface area contributed by atoms with E-state index in [0.29, 0.717) is 0 Å². The van der Waals surface area contributed by atoms with Crippen LogP contribution in [-0.4, -0.2) is 24.5 Å². The molecule has 18 heavy (non-hydrogen) atoms. The van der Waals surface area contributed by atoms with Crippen LogP contribution in [0, 0.1) is 5.92 Å². The molecule has 0 unspecified atom stereocenters. The molecular weight excluding hydrogens is 224 g/mol. The topological polar surface area (TPSA) is 28.4 Å². The van der Waals surface area contributed by atoms with Crippen molar-refractivity contribution in [2.45, 2.75) is 51.2 Å². The SMILES string of the molecule is CN(Cc1ccc(CNC2CC2)o1)CC1CCC1. The van der Waals surface area contributed by atoms with E-state index >= 15 is 0 Å². The predicted octanol–water partition coefficient (Wildman–Crippen LogP) is 2.76. The molecule has 3 nitrogen and oxygen atoms in total. The van der Waals surface area contributed by atoms with Crippen LogP contribution in [0.25, 0.3) is 0 Å². The molecule has 2 aliphatic carbocycles. The molecule has 0 saturated heterocycles. The first-order chi connectivity index (χ1) is 8.79. The second-order valence-corrected chi connectivity index (χ2v) is 6.02. The zero-order valence-electron chi connectivity index (χ0n) is 11.3. The third kappa shape index (κ3) is 3.36. The molecule has 3 rings (SSSR count). The van der Waals surface area contributed by atoms with E-state index in [-0.39, 0.29) is 0 Å². The van der Waals surface area contributed by atoms with Gasteiger partial charge in [-0.25, -0.2) is 0 Å². The largest absolute Gasteiger partial charge is 0.463 e. The number of nitrogens with zero attached hydrogens (tertiary/aromatic N) is 1. The highest BCUT2D eigenvalue weighted by atomic mass is 16.3. The number of hydrogen-bond donors (Lipinski definition) is 1. The maximum Gasteiger partial charge on any atom is 0.118 e. The van der Waals surface area contributed by atoms with Crippen molar-refractivity contribution in [3.63, 3.8) is 0 Å². The third-order valence-corrected chi connectivity index (χ3v) is 4.08. The Morgan fingerprint density at radius 2 is 2.00 bits per heavy atom. The van der Waals surface area contributed by atoms with E-state index in [1.54, 1.807) is 0 Å². The van der Waals surface area contributed by atoms with Crippen molar-refractivity contribution >= 4 is 0 Å². The lowest BCUT2D eigenvalue weighted by atomic mass is 9.85. The molecule has 100 valence electrons. The Morgan fingerprint density at radius 3 is 2.67 bits per heavy atom. The van der Waals surface area contributed by atoms with Crippen LogP contribution in [0.2, 0.25) is 0 Å². The number of rotatable bonds is 7. The van der Waals surface area contributed by atoms with Gasteiger partial charge in [0.05, 0.1) is 13.1 Å². The van der Waals surface area contributed by atoms with Crippen molar-refractivity contribution in [3.05, 3.63) is 23.7 Å². The normalized spacial score (nSPS) is 20.3. The van der Waals surface area contributed by atoms with E-state index in [9.17, 15) is 0 Å². The Morgan fingerprint density at radius 1 is 1.22 bits per heavy atom. The maximum atomic E-state index is 5.86. The van der Waals surface area contributed by atoms with Gasteiger partial charge in [0.25, 0.3) is 0 Å². The van der Waals surface area contributed by atoms with Crippen molar-refractivity contribution in [1.29, 1.82) is 0 Å². The molecular formula is C15H24N2O. The van der Waals surface area contributed by atoms with Gasteiger partial charge in [-0.15, -0.1) is 0 Å². The van der Waals surface area contributed by atoms with Gasteiger partial charge in [-0.3, -0.25) is 4.90 Å². The Balaban J connectivity index is 1.42. The van der Waals surface area contributed by atoms with Crippen LogP contribution in [0.15, 0.2) is 16.5 Å². The highest BCUT2D eigenvalue weighted by Gasteiger charge is 2.21. The van der Waals surface area contributed by atoms with Gasteiger partial charge in [0.2, 0.25) is 0 Å². The van der Waals surface area contributed by atoms with Crippen LogP contribution in [0.5, 0.6) is 0 Å². The molecule has 1 aromatic heterocycles. The summed E-state index contributed by atoms with van der Waals surface area (Å²) in [4.78, 5) is 2.39. The minimum Gasteiger partial charge on any atom is -0.463 e. The number of furan rings is 1. The first-order valence-electron chi connectivity index (χ1n) is 7.29. The van der Waals surface area contributed by atoms with Crippen molar-refractivity contribution in [1.82, 2.24) is 10.2 Å². The standard InChI is InChI=1S/C15H24N2O/c1-17(10-12-3-2-4-12)11-15-8-7-14(18-15)9-16-13-5-6-13/h7-8,12-13,16H,2-6,9-11H2,1H3. The average molecular weight is 248 g/mol. The van der Waals surface area contributed by atoms with Crippen LogP contribution < -0.4 is 5.32 Å². The fourth-order valence-electron chi connectivity index (χ4n) is 2.58. The van der Waals surface area contributed by atoms with Gasteiger partial charge in [0.1, 0.15) is 11.5 Å². The molecule has 1 N–H and O–H groups in total. The summed E-state index contributed by atoms with van der Waals surface area (Å²) < 4.78 is 5.86. The summed E-state index contributed by atoms with van der Waals surface area (Å²) in [5.41, 5.74) is 0. The van der Waals surface area contributed by atoms with E-state index in [0.717, 1.165) is 36.6 Å². The fourth-order valence-corrected chi connectivity index (χ4v) is 2.58. The van der Waals surface area contributed by atoms with Gasteiger partial charge >= 0.3 is 0 Å². The predicted molar refractivity (Wildman–Crippen MR) is 72.2 cm³/mol. The first kappa shape index (κ1) is 12.2. The molecule has 0 atom stereocenters. The lowest BCUT2D eigenvalue weighted by Gasteiger charge is -2.29. The van der Waals surface area contributed by atoms with Crippen LogP contribution >= 0.6 is 0 Å². The third-order valence-electron chi connectivity index (χ3n) is 4.08. The molecule has 3 heteroatoms. The van der Waals surface area contributed by atoms with E-state index in [2.05, 4.69) is 29.4 Å². The average Bonchev–Trinajstić information content (AvgIpc) is 3.03. The lowest BCUT2D eigenvalue weighted by molar-refractivity contribution is 0.190. The number of hydrogen-bond acceptors (Lipinski definition) is 3. The Bertz CT molecular complexity index is 380. The number of nitrogens with one attached hydrogen (secondary N) is 1. The smallest absolute Gasteiger partial charge is 0.118 e. The first-order valence-corrected chi connectivity index (χ1v) is 7.29. The summed E-state index contributed by atoms with van der Waals surface area (Å²) in [6.07, 6.45) is 6.92. The lowest BCUT2D eigenvalue weighted by Crippen LogP contribution is -2.28. The van der Waals surface area contributed by atoms with Crippen LogP contribution in [0.4, 0.5) is 0 Å². The van der Waals surface area contributed by atoms with E-state index < -0.39 is 0 Å². The summed E-state index contributed by atoms with van der Waals surface area (Å²) in [6.45, 7) is 3.05. The van der Waals surface area contributed by atoms with Crippen molar-refractivity contribution in [2.24, 2.45) is 5.92 Å². The van der Waals surface area contributed by atoms with Crippen molar-refractivity contribution < 1.29 is 4.42 Å². The van der Waals surface area contributed by atoms with Gasteiger partial charge in [0.15, 0.2) is 0 Å². The van der Waals surface area contributed by atoms with Crippen molar-refractivity contribution in [3.8, 4) is 0 Å². The monoisotopic (exact) mass is 248 g/mol. The molecule has 2 saturated carbocycles.